The predicted octanol–water partition coefficient (Wildman–Crippen LogP) is 0.355. The molecule has 0 aromatic carbocycles. The van der Waals surface area contributed by atoms with Crippen LogP contribution in [0.5, 0.6) is 0 Å². The summed E-state index contributed by atoms with van der Waals surface area (Å²) in [6, 6.07) is -0.456. The van der Waals surface area contributed by atoms with Crippen LogP contribution >= 0.6 is 0 Å². The van der Waals surface area contributed by atoms with Crippen LogP contribution < -0.4 is 10.6 Å². The van der Waals surface area contributed by atoms with E-state index in [1.807, 2.05) is 0 Å². The van der Waals surface area contributed by atoms with Gasteiger partial charge in [-0.3, -0.25) is 14.9 Å². The summed E-state index contributed by atoms with van der Waals surface area (Å²) in [6.07, 6.45) is 3.17. The number of carboxylic acid groups (broad SMARTS) is 1. The molecule has 0 rings (SSSR count). The van der Waals surface area contributed by atoms with Crippen molar-refractivity contribution in [2.75, 3.05) is 13.1 Å². The number of hydrogen-bond acceptors (Lipinski definition) is 3. The van der Waals surface area contributed by atoms with Gasteiger partial charge in [-0.15, -0.1) is 0 Å². The average Bonchev–Trinajstić information content (AvgIpc) is 2.20. The molecule has 5 nitrogen and oxygen atoms in total. The fourth-order valence-electron chi connectivity index (χ4n) is 1.07. The molecule has 1 atom stereocenters. The number of carbonyl (C=O) groups is 2. The largest absolute Gasteiger partial charge is 0.480 e. The lowest BCUT2D eigenvalue weighted by atomic mass is 10.2. The average molecular weight is 216 g/mol. The van der Waals surface area contributed by atoms with Gasteiger partial charge in [-0.25, -0.2) is 0 Å². The summed E-state index contributed by atoms with van der Waals surface area (Å²) in [7, 11) is 0. The highest BCUT2D eigenvalue weighted by atomic mass is 16.4. The van der Waals surface area contributed by atoms with Gasteiger partial charge in [0.15, 0.2) is 0 Å². The van der Waals surface area contributed by atoms with Crippen molar-refractivity contribution < 1.29 is 14.7 Å². The van der Waals surface area contributed by atoms with E-state index >= 15 is 0 Å². The van der Waals surface area contributed by atoms with Crippen LogP contribution in [-0.4, -0.2) is 36.1 Å². The van der Waals surface area contributed by atoms with Crippen molar-refractivity contribution >= 4 is 11.9 Å². The van der Waals surface area contributed by atoms with Crippen LogP contribution in [0.25, 0.3) is 0 Å². The number of nitrogens with one attached hydrogen (secondary N) is 2. The van der Waals surface area contributed by atoms with Crippen LogP contribution in [0.1, 0.15) is 33.1 Å². The lowest BCUT2D eigenvalue weighted by molar-refractivity contribution is -0.136. The normalized spacial score (nSPS) is 12.1. The first-order valence-corrected chi connectivity index (χ1v) is 5.30. The highest BCUT2D eigenvalue weighted by Crippen LogP contribution is 1.91. The summed E-state index contributed by atoms with van der Waals surface area (Å²) in [4.78, 5) is 21.6. The molecule has 0 aliphatic carbocycles. The molecular weight excluding hydrogens is 196 g/mol. The Morgan fingerprint density at radius 2 is 2.00 bits per heavy atom. The molecule has 0 spiro atoms. The molecule has 0 bridgehead atoms. The zero-order valence-electron chi connectivity index (χ0n) is 9.38. The Bertz CT molecular complexity index is 207. The topological polar surface area (TPSA) is 78.4 Å². The van der Waals surface area contributed by atoms with E-state index in [4.69, 9.17) is 5.11 Å². The van der Waals surface area contributed by atoms with Crippen LogP contribution in [0.4, 0.5) is 0 Å². The maximum absolute atomic E-state index is 11.4. The molecule has 3 N–H and O–H groups in total. The SMILES string of the molecule is CCCCCNC(=O)C(C)NCC(=O)O. The molecule has 88 valence electrons. The van der Waals surface area contributed by atoms with Crippen molar-refractivity contribution in [1.29, 1.82) is 0 Å². The van der Waals surface area contributed by atoms with Gasteiger partial charge < -0.3 is 10.4 Å². The lowest BCUT2D eigenvalue weighted by Crippen LogP contribution is -2.44. The number of unbranched alkanes of at least 4 members (excludes halogenated alkanes) is 2. The van der Waals surface area contributed by atoms with Gasteiger partial charge in [0.05, 0.1) is 12.6 Å². The molecule has 0 fully saturated rings. The summed E-state index contributed by atoms with van der Waals surface area (Å²) in [5.74, 6) is -1.10. The lowest BCUT2D eigenvalue weighted by Gasteiger charge is -2.12. The van der Waals surface area contributed by atoms with Gasteiger partial charge in [-0.1, -0.05) is 19.8 Å². The second kappa shape index (κ2) is 8.23. The molecule has 0 aromatic rings. The molecule has 1 unspecified atom stereocenters. The Labute approximate surface area is 90.2 Å². The molecule has 0 aromatic heterocycles. The molecular formula is C10H20N2O3. The van der Waals surface area contributed by atoms with E-state index in [1.54, 1.807) is 6.92 Å². The van der Waals surface area contributed by atoms with Gasteiger partial charge in [0.25, 0.3) is 0 Å². The molecule has 0 radical (unpaired) electrons. The molecule has 15 heavy (non-hydrogen) atoms. The Kier molecular flexibility index (Phi) is 7.62. The van der Waals surface area contributed by atoms with E-state index in [0.717, 1.165) is 19.3 Å². The number of carboxylic acids is 1. The van der Waals surface area contributed by atoms with Crippen molar-refractivity contribution in [3.63, 3.8) is 0 Å². The molecule has 5 heteroatoms. The second-order valence-electron chi connectivity index (χ2n) is 3.49. The Morgan fingerprint density at radius 1 is 1.33 bits per heavy atom. The maximum atomic E-state index is 11.4. The molecule has 0 heterocycles. The fourth-order valence-corrected chi connectivity index (χ4v) is 1.07. The zero-order chi connectivity index (χ0) is 11.7. The fraction of sp³-hybridized carbons (Fsp3) is 0.800. The van der Waals surface area contributed by atoms with Gasteiger partial charge >= 0.3 is 5.97 Å². The molecule has 1 amide bonds. The molecule has 0 saturated heterocycles. The molecule has 0 saturated carbocycles. The van der Waals surface area contributed by atoms with Crippen molar-refractivity contribution in [3.8, 4) is 0 Å². The van der Waals surface area contributed by atoms with E-state index in [2.05, 4.69) is 17.6 Å². The van der Waals surface area contributed by atoms with E-state index in [-0.39, 0.29) is 12.5 Å². The first kappa shape index (κ1) is 13.9. The van der Waals surface area contributed by atoms with Crippen LogP contribution in [0.3, 0.4) is 0 Å². The minimum Gasteiger partial charge on any atom is -0.480 e. The van der Waals surface area contributed by atoms with E-state index < -0.39 is 12.0 Å². The van der Waals surface area contributed by atoms with Crippen LogP contribution in [0.2, 0.25) is 0 Å². The van der Waals surface area contributed by atoms with Gasteiger partial charge in [0.1, 0.15) is 0 Å². The summed E-state index contributed by atoms with van der Waals surface area (Å²) in [5.41, 5.74) is 0. The minimum atomic E-state index is -0.958. The number of rotatable bonds is 8. The summed E-state index contributed by atoms with van der Waals surface area (Å²) < 4.78 is 0. The van der Waals surface area contributed by atoms with Crippen molar-refractivity contribution in [2.45, 2.75) is 39.2 Å². The van der Waals surface area contributed by atoms with E-state index in [0.29, 0.717) is 6.54 Å². The number of amides is 1. The Balaban J connectivity index is 3.55. The standard InChI is InChI=1S/C10H20N2O3/c1-3-4-5-6-11-10(15)8(2)12-7-9(13)14/h8,12H,3-7H2,1-2H3,(H,11,15)(H,13,14). The van der Waals surface area contributed by atoms with Gasteiger partial charge in [-0.05, 0) is 13.3 Å². The predicted molar refractivity (Wildman–Crippen MR) is 57.6 cm³/mol. The third-order valence-electron chi connectivity index (χ3n) is 2.03. The van der Waals surface area contributed by atoms with E-state index in [9.17, 15) is 9.59 Å². The van der Waals surface area contributed by atoms with Crippen molar-refractivity contribution in [2.24, 2.45) is 0 Å². The summed E-state index contributed by atoms with van der Waals surface area (Å²) >= 11 is 0. The first-order valence-electron chi connectivity index (χ1n) is 5.30. The number of carbonyl (C=O) groups excluding carboxylic acids is 1. The van der Waals surface area contributed by atoms with Crippen molar-refractivity contribution in [3.05, 3.63) is 0 Å². The smallest absolute Gasteiger partial charge is 0.317 e. The summed E-state index contributed by atoms with van der Waals surface area (Å²) in [5, 5.41) is 13.8. The molecule has 0 aliphatic heterocycles. The Morgan fingerprint density at radius 3 is 2.53 bits per heavy atom. The van der Waals surface area contributed by atoms with Crippen LogP contribution in [0.15, 0.2) is 0 Å². The number of aliphatic carboxylic acids is 1. The highest BCUT2D eigenvalue weighted by Gasteiger charge is 2.11. The number of hydrogen-bond donors (Lipinski definition) is 3. The first-order chi connectivity index (χ1) is 7.07. The quantitative estimate of drug-likeness (QED) is 0.512. The monoisotopic (exact) mass is 216 g/mol. The third kappa shape index (κ3) is 7.93. The van der Waals surface area contributed by atoms with Gasteiger partial charge in [0, 0.05) is 6.54 Å². The zero-order valence-corrected chi connectivity index (χ0v) is 9.38. The van der Waals surface area contributed by atoms with Crippen molar-refractivity contribution in [1.82, 2.24) is 10.6 Å². The third-order valence-corrected chi connectivity index (χ3v) is 2.03. The summed E-state index contributed by atoms with van der Waals surface area (Å²) in [6.45, 7) is 4.21. The van der Waals surface area contributed by atoms with Crippen LogP contribution in [0, 0.1) is 0 Å². The minimum absolute atomic E-state index is 0.146. The Hall–Kier alpha value is -1.10. The molecule has 0 aliphatic rings. The van der Waals surface area contributed by atoms with E-state index in [1.165, 1.54) is 0 Å². The van der Waals surface area contributed by atoms with Gasteiger partial charge in [0.2, 0.25) is 5.91 Å². The van der Waals surface area contributed by atoms with Crippen LogP contribution in [-0.2, 0) is 9.59 Å². The van der Waals surface area contributed by atoms with Gasteiger partial charge in [-0.2, -0.15) is 0 Å². The maximum Gasteiger partial charge on any atom is 0.317 e. The second-order valence-corrected chi connectivity index (χ2v) is 3.49. The highest BCUT2D eigenvalue weighted by molar-refractivity contribution is 5.82.